The Morgan fingerprint density at radius 3 is 1.84 bits per heavy atom. The Morgan fingerprint density at radius 2 is 1.31 bits per heavy atom. The number of para-hydroxylation sites is 4. The first kappa shape index (κ1) is 34.7. The van der Waals surface area contributed by atoms with Crippen LogP contribution in [-0.2, 0) is 14.4 Å². The lowest BCUT2D eigenvalue weighted by Crippen LogP contribution is -2.52. The molecule has 3 amide bonds. The van der Waals surface area contributed by atoms with Gasteiger partial charge in [0, 0.05) is 57.8 Å². The molecule has 5 N–H and O–H groups in total. The normalized spacial score (nSPS) is 24.0. The van der Waals surface area contributed by atoms with Gasteiger partial charge in [-0.25, -0.2) is 0 Å². The molecule has 14 nitrogen and oxygen atoms in total. The lowest BCUT2D eigenvalue weighted by Gasteiger charge is -2.34. The zero-order chi connectivity index (χ0) is 35.2. The number of nitrogens with two attached hydrogens (primary N) is 1. The van der Waals surface area contributed by atoms with Gasteiger partial charge in [0.2, 0.25) is 17.7 Å². The molecule has 8 rings (SSSR count). The van der Waals surface area contributed by atoms with Gasteiger partial charge in [0.15, 0.2) is 11.2 Å². The van der Waals surface area contributed by atoms with Crippen LogP contribution in [0.15, 0.2) is 57.4 Å². The van der Waals surface area contributed by atoms with E-state index in [1.54, 1.807) is 0 Å². The average molecular weight is 700 g/mol. The Balaban J connectivity index is 0.000000162. The highest BCUT2D eigenvalue weighted by Crippen LogP contribution is 2.29. The standard InChI is InChI=1S/C20H27N5O3.C17H22N4O2/c21-18(26)9-12-24-11-8-14(13-24)22-19(27)16-6-3-4-10-25(16)20-23-15-5-1-2-7-17(15)28-20;22-16(19-12-8-9-18-11-12)14-6-3-4-10-21(14)17-20-13-5-1-2-7-15(13)23-17/h1-2,5,7,14,16H,3-4,6,8-13H2,(H2,21,26)(H,22,27);1-2,5,7,12,14,18H,3-4,6,8-11H2,(H,19,22)/t14-,16-;12-,14-/m00/s1. The van der Waals surface area contributed by atoms with Crippen molar-refractivity contribution in [3.63, 3.8) is 0 Å². The SMILES string of the molecule is NC(=O)CCN1CC[C@H](NC(=O)[C@@H]2CCCCN2c2nc3ccccc3o2)C1.O=C(N[C@H]1CCNC1)[C@@H]1CCCCN1c1nc2ccccc2o1. The number of hydrogen-bond donors (Lipinski definition) is 4. The largest absolute Gasteiger partial charge is 0.423 e. The van der Waals surface area contributed by atoms with Crippen LogP contribution in [0.5, 0.6) is 0 Å². The molecule has 4 aliphatic rings. The van der Waals surface area contributed by atoms with Crippen molar-refractivity contribution in [2.75, 3.05) is 55.6 Å². The van der Waals surface area contributed by atoms with Crippen molar-refractivity contribution in [3.8, 4) is 0 Å². The molecule has 2 aromatic carbocycles. The van der Waals surface area contributed by atoms with Gasteiger partial charge in [0.25, 0.3) is 12.0 Å². The second-order valence-corrected chi connectivity index (χ2v) is 14.0. The molecule has 51 heavy (non-hydrogen) atoms. The minimum Gasteiger partial charge on any atom is -0.423 e. The molecule has 0 aliphatic carbocycles. The van der Waals surface area contributed by atoms with Gasteiger partial charge >= 0.3 is 0 Å². The number of aromatic nitrogens is 2. The Hall–Kier alpha value is -4.69. The summed E-state index contributed by atoms with van der Waals surface area (Å²) in [4.78, 5) is 52.0. The van der Waals surface area contributed by atoms with Gasteiger partial charge in [-0.05, 0) is 82.2 Å². The van der Waals surface area contributed by atoms with Crippen molar-refractivity contribution >= 4 is 52.0 Å². The molecule has 0 spiro atoms. The smallest absolute Gasteiger partial charge is 0.299 e. The number of fused-ring (bicyclic) bond motifs is 2. The van der Waals surface area contributed by atoms with Crippen molar-refractivity contribution in [1.82, 2.24) is 30.8 Å². The van der Waals surface area contributed by atoms with Gasteiger partial charge in [0.1, 0.15) is 23.1 Å². The van der Waals surface area contributed by atoms with E-state index in [0.717, 1.165) is 113 Å². The molecular formula is C37H49N9O5. The number of hydrogen-bond acceptors (Lipinski definition) is 11. The van der Waals surface area contributed by atoms with Gasteiger partial charge in [-0.1, -0.05) is 24.3 Å². The number of piperidine rings is 2. The minimum absolute atomic E-state index is 0.0312. The lowest BCUT2D eigenvalue weighted by atomic mass is 10.0. The second-order valence-electron chi connectivity index (χ2n) is 14.0. The molecule has 0 radical (unpaired) electrons. The summed E-state index contributed by atoms with van der Waals surface area (Å²) < 4.78 is 11.8. The van der Waals surface area contributed by atoms with Gasteiger partial charge < -0.3 is 45.2 Å². The number of likely N-dealkylation sites (tertiary alicyclic amines) is 1. The summed E-state index contributed by atoms with van der Waals surface area (Å²) in [5, 5.41) is 9.64. The number of oxazole rings is 2. The van der Waals surface area contributed by atoms with Crippen LogP contribution in [0.2, 0.25) is 0 Å². The van der Waals surface area contributed by atoms with Crippen molar-refractivity contribution < 1.29 is 23.2 Å². The highest BCUT2D eigenvalue weighted by Gasteiger charge is 2.35. The first-order valence-electron chi connectivity index (χ1n) is 18.5. The third-order valence-electron chi connectivity index (χ3n) is 10.4. The summed E-state index contributed by atoms with van der Waals surface area (Å²) in [7, 11) is 0. The molecule has 272 valence electrons. The fourth-order valence-electron chi connectivity index (χ4n) is 7.63. The van der Waals surface area contributed by atoms with E-state index in [-0.39, 0.29) is 41.9 Å². The highest BCUT2D eigenvalue weighted by atomic mass is 16.4. The average Bonchev–Trinajstić information content (AvgIpc) is 3.98. The fraction of sp³-hybridized carbons (Fsp3) is 0.541. The number of anilines is 2. The molecule has 0 unspecified atom stereocenters. The van der Waals surface area contributed by atoms with Crippen LogP contribution >= 0.6 is 0 Å². The Kier molecular flexibility index (Phi) is 11.0. The van der Waals surface area contributed by atoms with E-state index in [9.17, 15) is 14.4 Å². The summed E-state index contributed by atoms with van der Waals surface area (Å²) >= 11 is 0. The minimum atomic E-state index is -0.288. The van der Waals surface area contributed by atoms with Crippen molar-refractivity contribution in [3.05, 3.63) is 48.5 Å². The Labute approximate surface area is 297 Å². The maximum Gasteiger partial charge on any atom is 0.299 e. The number of nitrogens with zero attached hydrogens (tertiary/aromatic N) is 5. The van der Waals surface area contributed by atoms with E-state index in [2.05, 4.69) is 30.8 Å². The fourth-order valence-corrected chi connectivity index (χ4v) is 7.63. The van der Waals surface area contributed by atoms with Gasteiger partial charge in [0.05, 0.1) is 0 Å². The van der Waals surface area contributed by atoms with Crippen LogP contribution in [0.25, 0.3) is 22.2 Å². The van der Waals surface area contributed by atoms with Gasteiger partial charge in [-0.15, -0.1) is 0 Å². The Bertz CT molecular complexity index is 1740. The highest BCUT2D eigenvalue weighted by molar-refractivity contribution is 5.86. The molecule has 6 heterocycles. The third-order valence-corrected chi connectivity index (χ3v) is 10.4. The molecule has 2 aromatic heterocycles. The molecule has 0 bridgehead atoms. The van der Waals surface area contributed by atoms with Crippen LogP contribution in [-0.4, -0.2) is 103 Å². The molecule has 4 aromatic rings. The number of nitrogens with one attached hydrogen (secondary N) is 3. The van der Waals surface area contributed by atoms with Gasteiger partial charge in [-0.2, -0.15) is 9.97 Å². The second kappa shape index (κ2) is 16.1. The summed E-state index contributed by atoms with van der Waals surface area (Å²) in [5.41, 5.74) is 8.38. The first-order chi connectivity index (χ1) is 24.9. The number of rotatable bonds is 9. The van der Waals surface area contributed by atoms with Crippen LogP contribution in [0.3, 0.4) is 0 Å². The van der Waals surface area contributed by atoms with Gasteiger partial charge in [-0.3, -0.25) is 14.4 Å². The number of benzene rings is 2. The predicted octanol–water partition coefficient (Wildman–Crippen LogP) is 2.92. The molecule has 14 heteroatoms. The van der Waals surface area contributed by atoms with E-state index in [1.165, 1.54) is 0 Å². The summed E-state index contributed by atoms with van der Waals surface area (Å²) in [6.07, 6.45) is 8.06. The van der Waals surface area contributed by atoms with E-state index < -0.39 is 0 Å². The Morgan fingerprint density at radius 1 is 0.745 bits per heavy atom. The van der Waals surface area contributed by atoms with E-state index in [4.69, 9.17) is 14.6 Å². The maximum atomic E-state index is 13.0. The molecule has 4 saturated heterocycles. The van der Waals surface area contributed by atoms with Crippen LogP contribution in [0.1, 0.15) is 57.8 Å². The predicted molar refractivity (Wildman–Crippen MR) is 194 cm³/mol. The molecule has 0 saturated carbocycles. The summed E-state index contributed by atoms with van der Waals surface area (Å²) in [6, 6.07) is 16.4. The monoisotopic (exact) mass is 699 g/mol. The topological polar surface area (TPSA) is 175 Å². The molecule has 4 fully saturated rings. The lowest BCUT2D eigenvalue weighted by molar-refractivity contribution is -0.124. The third kappa shape index (κ3) is 8.45. The van der Waals surface area contributed by atoms with E-state index in [1.807, 2.05) is 58.3 Å². The molecule has 4 atom stereocenters. The number of amides is 3. The number of carbonyl (C=O) groups excluding carboxylic acids is 3. The van der Waals surface area contributed by atoms with Crippen molar-refractivity contribution in [1.29, 1.82) is 0 Å². The van der Waals surface area contributed by atoms with Crippen molar-refractivity contribution in [2.45, 2.75) is 82.0 Å². The van der Waals surface area contributed by atoms with Crippen molar-refractivity contribution in [2.24, 2.45) is 5.73 Å². The molecular weight excluding hydrogens is 650 g/mol. The quantitative estimate of drug-likeness (QED) is 0.202. The zero-order valence-corrected chi connectivity index (χ0v) is 29.1. The number of primary amides is 1. The summed E-state index contributed by atoms with van der Waals surface area (Å²) in [6.45, 7) is 5.70. The van der Waals surface area contributed by atoms with Crippen LogP contribution < -0.4 is 31.5 Å². The van der Waals surface area contributed by atoms with E-state index in [0.29, 0.717) is 25.0 Å². The zero-order valence-electron chi connectivity index (χ0n) is 29.1. The number of carbonyl (C=O) groups is 3. The first-order valence-corrected chi connectivity index (χ1v) is 18.5. The summed E-state index contributed by atoms with van der Waals surface area (Å²) in [5.74, 6) is -0.159. The molecule has 4 aliphatic heterocycles. The van der Waals surface area contributed by atoms with Crippen LogP contribution in [0.4, 0.5) is 12.0 Å². The maximum absolute atomic E-state index is 13.0. The van der Waals surface area contributed by atoms with E-state index >= 15 is 0 Å². The van der Waals surface area contributed by atoms with Crippen LogP contribution in [0, 0.1) is 0 Å².